The molecule has 1 aliphatic rings. The summed E-state index contributed by atoms with van der Waals surface area (Å²) < 4.78 is 0. The number of nitrogens with two attached hydrogens (primary N) is 1. The van der Waals surface area contributed by atoms with Gasteiger partial charge >= 0.3 is 0 Å². The third-order valence-corrected chi connectivity index (χ3v) is 4.59. The topological polar surface area (TPSA) is 26.0 Å². The van der Waals surface area contributed by atoms with E-state index in [4.69, 9.17) is 5.73 Å². The normalized spacial score (nSPS) is 19.6. The van der Waals surface area contributed by atoms with Crippen molar-refractivity contribution in [2.45, 2.75) is 77.0 Å². The number of aryl methyl sites for hydroxylation is 1. The highest BCUT2D eigenvalue weighted by molar-refractivity contribution is 5.27. The molecule has 0 bridgehead atoms. The number of benzene rings is 1. The molecule has 0 heterocycles. The highest BCUT2D eigenvalue weighted by Crippen LogP contribution is 2.36. The van der Waals surface area contributed by atoms with Gasteiger partial charge in [0.1, 0.15) is 0 Å². The first-order valence-corrected chi connectivity index (χ1v) is 8.48. The molecule has 1 fully saturated rings. The fourth-order valence-corrected chi connectivity index (χ4v) is 3.23. The Bertz CT molecular complexity index is 368. The van der Waals surface area contributed by atoms with Crippen molar-refractivity contribution in [2.75, 3.05) is 0 Å². The van der Waals surface area contributed by atoms with Gasteiger partial charge in [-0.3, -0.25) is 0 Å². The largest absolute Gasteiger partial charge is 0.324 e. The van der Waals surface area contributed by atoms with Crippen molar-refractivity contribution >= 4 is 0 Å². The molecule has 1 aromatic carbocycles. The van der Waals surface area contributed by atoms with Crippen LogP contribution < -0.4 is 5.73 Å². The molecule has 1 nitrogen and oxygen atoms in total. The lowest BCUT2D eigenvalue weighted by atomic mass is 9.95. The van der Waals surface area contributed by atoms with Crippen LogP contribution in [0.5, 0.6) is 0 Å². The summed E-state index contributed by atoms with van der Waals surface area (Å²) in [6.07, 6.45) is 13.0. The first-order valence-electron chi connectivity index (χ1n) is 8.48. The quantitative estimate of drug-likeness (QED) is 0.634. The Kier molecular flexibility index (Phi) is 6.59. The molecule has 1 radical (unpaired) electrons. The van der Waals surface area contributed by atoms with Gasteiger partial charge in [0.05, 0.1) is 0 Å². The lowest BCUT2D eigenvalue weighted by molar-refractivity contribution is 0.607. The molecule has 1 saturated carbocycles. The first kappa shape index (κ1) is 15.6. The predicted octanol–water partition coefficient (Wildman–Crippen LogP) is 5.35. The van der Waals surface area contributed by atoms with Gasteiger partial charge in [0.2, 0.25) is 0 Å². The van der Waals surface area contributed by atoms with Crippen LogP contribution in [0.2, 0.25) is 0 Å². The summed E-state index contributed by atoms with van der Waals surface area (Å²) in [5, 5.41) is 0. The van der Waals surface area contributed by atoms with E-state index in [1.807, 2.05) is 0 Å². The lowest BCUT2D eigenvalue weighted by Gasteiger charge is -2.10. The van der Waals surface area contributed by atoms with Gasteiger partial charge in [-0.2, -0.15) is 0 Å². The van der Waals surface area contributed by atoms with Crippen LogP contribution in [0, 0.1) is 6.04 Å². The minimum Gasteiger partial charge on any atom is -0.324 e. The molecule has 2 rings (SSSR count). The van der Waals surface area contributed by atoms with Crippen molar-refractivity contribution in [2.24, 2.45) is 5.73 Å². The molecule has 0 aliphatic heterocycles. The molecule has 20 heavy (non-hydrogen) atoms. The molecule has 0 spiro atoms. The van der Waals surface area contributed by atoms with E-state index < -0.39 is 0 Å². The third-order valence-electron chi connectivity index (χ3n) is 4.59. The summed E-state index contributed by atoms with van der Waals surface area (Å²) in [5.41, 5.74) is 8.91. The molecular weight excluding hydrogens is 242 g/mol. The second kappa shape index (κ2) is 8.46. The van der Waals surface area contributed by atoms with Gasteiger partial charge in [-0.15, -0.1) is 0 Å². The fourth-order valence-electron chi connectivity index (χ4n) is 3.23. The second-order valence-electron chi connectivity index (χ2n) is 6.36. The van der Waals surface area contributed by atoms with Crippen molar-refractivity contribution in [1.29, 1.82) is 0 Å². The Labute approximate surface area is 125 Å². The molecule has 0 amide bonds. The minimum absolute atomic E-state index is 0.679. The third kappa shape index (κ3) is 4.94. The van der Waals surface area contributed by atoms with Gasteiger partial charge in [0.15, 0.2) is 0 Å². The Balaban J connectivity index is 1.69. The Morgan fingerprint density at radius 2 is 1.70 bits per heavy atom. The highest BCUT2D eigenvalue weighted by Gasteiger charge is 2.23. The van der Waals surface area contributed by atoms with Gasteiger partial charge in [-0.25, -0.2) is 0 Å². The van der Waals surface area contributed by atoms with Crippen LogP contribution in [0.1, 0.15) is 81.8 Å². The summed E-state index contributed by atoms with van der Waals surface area (Å²) in [6.45, 7) is 2.28. The van der Waals surface area contributed by atoms with E-state index in [1.54, 1.807) is 0 Å². The number of hydrogen-bond donors (Lipinski definition) is 1. The van der Waals surface area contributed by atoms with E-state index in [0.717, 1.165) is 12.8 Å². The molecule has 1 aromatic rings. The predicted molar refractivity (Wildman–Crippen MR) is 87.5 cm³/mol. The Morgan fingerprint density at radius 1 is 1.00 bits per heavy atom. The van der Waals surface area contributed by atoms with Gasteiger partial charge < -0.3 is 5.73 Å². The van der Waals surface area contributed by atoms with Crippen LogP contribution in [0.3, 0.4) is 0 Å². The van der Waals surface area contributed by atoms with Crippen LogP contribution in [0.15, 0.2) is 24.3 Å². The molecule has 1 heteroatoms. The fraction of sp³-hybridized carbons (Fsp3) is 0.632. The highest BCUT2D eigenvalue weighted by atomic mass is 14.6. The number of hydrogen-bond acceptors (Lipinski definition) is 1. The van der Waals surface area contributed by atoms with Crippen molar-refractivity contribution in [1.82, 2.24) is 0 Å². The summed E-state index contributed by atoms with van der Waals surface area (Å²) in [5.74, 6) is 0.679. The van der Waals surface area contributed by atoms with E-state index in [0.29, 0.717) is 5.92 Å². The maximum absolute atomic E-state index is 5.92. The average molecular weight is 272 g/mol. The minimum atomic E-state index is 0.679. The van der Waals surface area contributed by atoms with E-state index in [9.17, 15) is 0 Å². The van der Waals surface area contributed by atoms with E-state index in [-0.39, 0.29) is 0 Å². The molecular formula is C19H30N. The zero-order valence-corrected chi connectivity index (χ0v) is 13.0. The van der Waals surface area contributed by atoms with Crippen LogP contribution in [0.4, 0.5) is 0 Å². The van der Waals surface area contributed by atoms with E-state index in [2.05, 4.69) is 31.2 Å². The standard InChI is InChI=1S/C19H30N/c1-2-3-4-5-6-7-8-16-9-11-17(12-10-16)18-13-14-19(20)15-18/h9-12,18H,2-8,13-15,20H2,1H3/t18-/m0/s1. The Morgan fingerprint density at radius 3 is 2.35 bits per heavy atom. The zero-order chi connectivity index (χ0) is 14.2. The van der Waals surface area contributed by atoms with E-state index >= 15 is 0 Å². The lowest BCUT2D eigenvalue weighted by Crippen LogP contribution is -2.04. The average Bonchev–Trinajstić information content (AvgIpc) is 2.90. The first-order chi connectivity index (χ1) is 9.79. The maximum atomic E-state index is 5.92. The van der Waals surface area contributed by atoms with Crippen LogP contribution in [-0.4, -0.2) is 0 Å². The van der Waals surface area contributed by atoms with Crippen molar-refractivity contribution in [3.05, 3.63) is 41.4 Å². The monoisotopic (exact) mass is 272 g/mol. The number of unbranched alkanes of at least 4 members (excludes halogenated alkanes) is 5. The molecule has 0 unspecified atom stereocenters. The van der Waals surface area contributed by atoms with Crippen LogP contribution in [-0.2, 0) is 6.42 Å². The summed E-state index contributed by atoms with van der Waals surface area (Å²) >= 11 is 0. The van der Waals surface area contributed by atoms with Crippen LogP contribution in [0.25, 0.3) is 0 Å². The van der Waals surface area contributed by atoms with Gasteiger partial charge in [-0.05, 0) is 49.1 Å². The second-order valence-corrected chi connectivity index (χ2v) is 6.36. The van der Waals surface area contributed by atoms with E-state index in [1.165, 1.54) is 68.5 Å². The summed E-state index contributed by atoms with van der Waals surface area (Å²) in [6, 6.07) is 10.5. The van der Waals surface area contributed by atoms with Gasteiger partial charge in [0.25, 0.3) is 0 Å². The van der Waals surface area contributed by atoms with Crippen LogP contribution >= 0.6 is 0 Å². The smallest absolute Gasteiger partial charge is 0.0343 e. The molecule has 1 aliphatic carbocycles. The van der Waals surface area contributed by atoms with Gasteiger partial charge in [-0.1, -0.05) is 63.3 Å². The van der Waals surface area contributed by atoms with Gasteiger partial charge in [0, 0.05) is 6.04 Å². The molecule has 2 N–H and O–H groups in total. The zero-order valence-electron chi connectivity index (χ0n) is 13.0. The van der Waals surface area contributed by atoms with Crippen molar-refractivity contribution in [3.8, 4) is 0 Å². The molecule has 0 saturated heterocycles. The summed E-state index contributed by atoms with van der Waals surface area (Å²) in [7, 11) is 0. The number of rotatable bonds is 8. The molecule has 0 aromatic heterocycles. The van der Waals surface area contributed by atoms with Crippen molar-refractivity contribution < 1.29 is 0 Å². The maximum Gasteiger partial charge on any atom is 0.0343 e. The SMILES string of the molecule is CCCCCCCCc1ccc([C@H]2CC[C](N)C2)cc1. The molecule has 111 valence electrons. The van der Waals surface area contributed by atoms with Crippen molar-refractivity contribution in [3.63, 3.8) is 0 Å². The Hall–Kier alpha value is -0.820. The summed E-state index contributed by atoms with van der Waals surface area (Å²) in [4.78, 5) is 0. The molecule has 1 atom stereocenters.